The number of hydrogen-bond donors (Lipinski definition) is 0. The molecule has 0 amide bonds. The molecule has 3 nitrogen and oxygen atoms in total. The van der Waals surface area contributed by atoms with Crippen LogP contribution in [-0.4, -0.2) is 14.8 Å². The van der Waals surface area contributed by atoms with Crippen molar-refractivity contribution in [2.45, 2.75) is 30.8 Å². The molecule has 0 spiro atoms. The molecule has 132 valence electrons. The molecule has 0 aliphatic heterocycles. The molecular weight excluding hydrogens is 426 g/mol. The lowest BCUT2D eigenvalue weighted by Gasteiger charge is -2.13. The van der Waals surface area contributed by atoms with E-state index >= 15 is 0 Å². The molecule has 4 aromatic rings. The first-order valence-corrected chi connectivity index (χ1v) is 11.1. The summed E-state index contributed by atoms with van der Waals surface area (Å²) >= 11 is 7.03. The molecule has 0 unspecified atom stereocenters. The Kier molecular flexibility index (Phi) is 5.16. The highest BCUT2D eigenvalue weighted by molar-refractivity contribution is 9.10. The SMILES string of the molecule is CC(C)n1c(SCc2cccc(Br)c2)nnc1-c1csc2ccccc12. The van der Waals surface area contributed by atoms with Gasteiger partial charge in [0.05, 0.1) is 0 Å². The first-order chi connectivity index (χ1) is 12.6. The van der Waals surface area contributed by atoms with Crippen LogP contribution in [0.5, 0.6) is 0 Å². The third-order valence-electron chi connectivity index (χ3n) is 4.16. The second-order valence-corrected chi connectivity index (χ2v) is 9.10. The molecule has 0 saturated carbocycles. The average molecular weight is 444 g/mol. The second kappa shape index (κ2) is 7.55. The first-order valence-electron chi connectivity index (χ1n) is 8.42. The lowest BCUT2D eigenvalue weighted by Crippen LogP contribution is -2.05. The van der Waals surface area contributed by atoms with Crippen molar-refractivity contribution in [1.82, 2.24) is 14.8 Å². The standard InChI is InChI=1S/C20H18BrN3S2/c1-13(2)24-19(17-12-25-18-9-4-3-8-16(17)18)22-23-20(24)26-11-14-6-5-7-15(21)10-14/h3-10,12-13H,11H2,1-2H3. The van der Waals surface area contributed by atoms with Crippen LogP contribution in [-0.2, 0) is 5.75 Å². The summed E-state index contributed by atoms with van der Waals surface area (Å²) in [4.78, 5) is 0. The summed E-state index contributed by atoms with van der Waals surface area (Å²) in [5.74, 6) is 1.82. The van der Waals surface area contributed by atoms with Crippen LogP contribution < -0.4 is 0 Å². The van der Waals surface area contributed by atoms with Crippen molar-refractivity contribution in [3.63, 3.8) is 0 Å². The van der Waals surface area contributed by atoms with Crippen LogP contribution >= 0.6 is 39.0 Å². The van der Waals surface area contributed by atoms with E-state index in [0.29, 0.717) is 6.04 Å². The molecule has 0 bridgehead atoms. The number of fused-ring (bicyclic) bond motifs is 1. The fourth-order valence-electron chi connectivity index (χ4n) is 2.95. The van der Waals surface area contributed by atoms with Crippen molar-refractivity contribution in [3.8, 4) is 11.4 Å². The monoisotopic (exact) mass is 443 g/mol. The quantitative estimate of drug-likeness (QED) is 0.317. The zero-order valence-corrected chi connectivity index (χ0v) is 17.7. The van der Waals surface area contributed by atoms with Gasteiger partial charge in [0.25, 0.3) is 0 Å². The van der Waals surface area contributed by atoms with E-state index in [9.17, 15) is 0 Å². The number of hydrogen-bond acceptors (Lipinski definition) is 4. The largest absolute Gasteiger partial charge is 0.299 e. The minimum atomic E-state index is 0.295. The number of aromatic nitrogens is 3. The molecule has 2 aromatic carbocycles. The van der Waals surface area contributed by atoms with Crippen LogP contribution in [0.1, 0.15) is 25.5 Å². The van der Waals surface area contributed by atoms with Gasteiger partial charge in [-0.1, -0.05) is 58.0 Å². The van der Waals surface area contributed by atoms with Crippen LogP contribution in [0.2, 0.25) is 0 Å². The molecule has 0 aliphatic carbocycles. The molecule has 6 heteroatoms. The van der Waals surface area contributed by atoms with Gasteiger partial charge in [-0.25, -0.2) is 0 Å². The molecule has 0 radical (unpaired) electrons. The summed E-state index contributed by atoms with van der Waals surface area (Å²) in [6.07, 6.45) is 0. The van der Waals surface area contributed by atoms with Gasteiger partial charge in [0, 0.05) is 37.3 Å². The summed E-state index contributed by atoms with van der Waals surface area (Å²) in [5.41, 5.74) is 2.44. The van der Waals surface area contributed by atoms with Crippen molar-refractivity contribution >= 4 is 49.1 Å². The van der Waals surface area contributed by atoms with Gasteiger partial charge in [-0.15, -0.1) is 21.5 Å². The smallest absolute Gasteiger partial charge is 0.192 e. The molecule has 26 heavy (non-hydrogen) atoms. The van der Waals surface area contributed by atoms with E-state index in [0.717, 1.165) is 21.2 Å². The Hall–Kier alpha value is -1.63. The fourth-order valence-corrected chi connectivity index (χ4v) is 5.35. The number of thioether (sulfide) groups is 1. The van der Waals surface area contributed by atoms with E-state index in [1.807, 2.05) is 6.07 Å². The topological polar surface area (TPSA) is 30.7 Å². The lowest BCUT2D eigenvalue weighted by atomic mass is 10.1. The van der Waals surface area contributed by atoms with Gasteiger partial charge in [0.2, 0.25) is 0 Å². The van der Waals surface area contributed by atoms with Crippen molar-refractivity contribution < 1.29 is 0 Å². The maximum Gasteiger partial charge on any atom is 0.192 e. The Bertz CT molecular complexity index is 1050. The Morgan fingerprint density at radius 1 is 1.12 bits per heavy atom. The van der Waals surface area contributed by atoms with Crippen LogP contribution in [0.15, 0.2) is 63.5 Å². The van der Waals surface area contributed by atoms with Gasteiger partial charge < -0.3 is 0 Å². The van der Waals surface area contributed by atoms with Gasteiger partial charge in [0.1, 0.15) is 0 Å². The molecule has 2 heterocycles. The van der Waals surface area contributed by atoms with Crippen molar-refractivity contribution in [1.29, 1.82) is 0 Å². The van der Waals surface area contributed by atoms with E-state index in [1.54, 1.807) is 23.1 Å². The Labute approximate surface area is 169 Å². The number of rotatable bonds is 5. The highest BCUT2D eigenvalue weighted by atomic mass is 79.9. The van der Waals surface area contributed by atoms with Gasteiger partial charge in [-0.3, -0.25) is 4.57 Å². The summed E-state index contributed by atoms with van der Waals surface area (Å²) in [6.45, 7) is 4.37. The van der Waals surface area contributed by atoms with Crippen LogP contribution in [0.3, 0.4) is 0 Å². The number of benzene rings is 2. The zero-order valence-electron chi connectivity index (χ0n) is 14.5. The molecule has 4 rings (SSSR count). The van der Waals surface area contributed by atoms with E-state index < -0.39 is 0 Å². The maximum absolute atomic E-state index is 4.55. The maximum atomic E-state index is 4.55. The average Bonchev–Trinajstić information content (AvgIpc) is 3.23. The van der Waals surface area contributed by atoms with E-state index in [2.05, 4.69) is 92.4 Å². The molecule has 0 aliphatic rings. The molecule has 0 atom stereocenters. The lowest BCUT2D eigenvalue weighted by molar-refractivity contribution is 0.555. The van der Waals surface area contributed by atoms with Crippen molar-refractivity contribution in [2.75, 3.05) is 0 Å². The summed E-state index contributed by atoms with van der Waals surface area (Å²) in [7, 11) is 0. The predicted octanol–water partition coefficient (Wildman–Crippen LogP) is 6.80. The molecule has 0 N–H and O–H groups in total. The number of nitrogens with zero attached hydrogens (tertiary/aromatic N) is 3. The minimum Gasteiger partial charge on any atom is -0.299 e. The van der Waals surface area contributed by atoms with Crippen molar-refractivity contribution in [3.05, 3.63) is 63.9 Å². The van der Waals surface area contributed by atoms with Crippen LogP contribution in [0.25, 0.3) is 21.5 Å². The normalized spacial score (nSPS) is 11.5. The van der Waals surface area contributed by atoms with Gasteiger partial charge in [0.15, 0.2) is 11.0 Å². The van der Waals surface area contributed by atoms with Gasteiger partial charge in [-0.2, -0.15) is 0 Å². The Morgan fingerprint density at radius 3 is 2.77 bits per heavy atom. The third-order valence-corrected chi connectivity index (χ3v) is 6.63. The fraction of sp³-hybridized carbons (Fsp3) is 0.200. The second-order valence-electron chi connectivity index (χ2n) is 6.33. The minimum absolute atomic E-state index is 0.295. The van der Waals surface area contributed by atoms with Gasteiger partial charge in [-0.05, 0) is 37.6 Å². The predicted molar refractivity (Wildman–Crippen MR) is 115 cm³/mol. The number of halogens is 1. The van der Waals surface area contributed by atoms with E-state index in [1.165, 1.54) is 21.2 Å². The highest BCUT2D eigenvalue weighted by Gasteiger charge is 2.19. The third kappa shape index (κ3) is 3.46. The molecular formula is C20H18BrN3S2. The summed E-state index contributed by atoms with van der Waals surface area (Å²) in [6, 6.07) is 17.2. The Morgan fingerprint density at radius 2 is 1.96 bits per heavy atom. The van der Waals surface area contributed by atoms with E-state index in [4.69, 9.17) is 0 Å². The van der Waals surface area contributed by atoms with Crippen molar-refractivity contribution in [2.24, 2.45) is 0 Å². The molecule has 0 fully saturated rings. The summed E-state index contributed by atoms with van der Waals surface area (Å²) < 4.78 is 4.63. The molecule has 2 aromatic heterocycles. The van der Waals surface area contributed by atoms with E-state index in [-0.39, 0.29) is 0 Å². The Balaban J connectivity index is 1.69. The zero-order chi connectivity index (χ0) is 18.1. The summed E-state index contributed by atoms with van der Waals surface area (Å²) in [5, 5.41) is 13.5. The van der Waals surface area contributed by atoms with Crippen LogP contribution in [0.4, 0.5) is 0 Å². The molecule has 0 saturated heterocycles. The van der Waals surface area contributed by atoms with Crippen LogP contribution in [0, 0.1) is 0 Å². The van der Waals surface area contributed by atoms with Gasteiger partial charge >= 0.3 is 0 Å². The highest BCUT2D eigenvalue weighted by Crippen LogP contribution is 2.36. The number of thiophene rings is 1. The first kappa shape index (κ1) is 17.8.